The van der Waals surface area contributed by atoms with E-state index in [1.165, 1.54) is 6.33 Å². The topological polar surface area (TPSA) is 77.6 Å². The molecule has 0 aliphatic rings. The van der Waals surface area contributed by atoms with Gasteiger partial charge in [-0.3, -0.25) is 14.2 Å². The first-order valence-electron chi connectivity index (χ1n) is 7.59. The molecule has 7 nitrogen and oxygen atoms in total. The first kappa shape index (κ1) is 16.2. The van der Waals surface area contributed by atoms with Gasteiger partial charge in [-0.25, -0.2) is 4.98 Å². The SMILES string of the molecule is Cc1ccnn1CCC(=O)N[C@H](CC(C)C)c1ncnn1C. The molecule has 0 aliphatic carbocycles. The van der Waals surface area contributed by atoms with Crippen LogP contribution in [0, 0.1) is 12.8 Å². The maximum atomic E-state index is 12.2. The second kappa shape index (κ2) is 7.20. The van der Waals surface area contributed by atoms with Gasteiger partial charge in [-0.1, -0.05) is 13.8 Å². The number of carbonyl (C=O) groups is 1. The minimum absolute atomic E-state index is 0.00329. The molecule has 1 amide bonds. The lowest BCUT2D eigenvalue weighted by Crippen LogP contribution is -2.32. The Hall–Kier alpha value is -2.18. The number of aromatic nitrogens is 5. The molecule has 7 heteroatoms. The summed E-state index contributed by atoms with van der Waals surface area (Å²) in [5.74, 6) is 1.25. The van der Waals surface area contributed by atoms with Gasteiger partial charge in [0.15, 0.2) is 0 Å². The Labute approximate surface area is 130 Å². The highest BCUT2D eigenvalue weighted by Gasteiger charge is 2.20. The fourth-order valence-corrected chi connectivity index (χ4v) is 2.43. The molecule has 0 aromatic carbocycles. The third-order valence-corrected chi connectivity index (χ3v) is 3.58. The Morgan fingerprint density at radius 1 is 1.36 bits per heavy atom. The van der Waals surface area contributed by atoms with Crippen molar-refractivity contribution in [2.24, 2.45) is 13.0 Å². The first-order chi connectivity index (χ1) is 10.5. The summed E-state index contributed by atoms with van der Waals surface area (Å²) in [5, 5.41) is 11.4. The van der Waals surface area contributed by atoms with Crippen molar-refractivity contribution in [2.75, 3.05) is 0 Å². The fourth-order valence-electron chi connectivity index (χ4n) is 2.43. The van der Waals surface area contributed by atoms with Crippen molar-refractivity contribution in [2.45, 2.75) is 46.2 Å². The van der Waals surface area contributed by atoms with Gasteiger partial charge in [0, 0.05) is 31.9 Å². The van der Waals surface area contributed by atoms with Gasteiger partial charge < -0.3 is 5.32 Å². The number of nitrogens with one attached hydrogen (secondary N) is 1. The van der Waals surface area contributed by atoms with Crippen LogP contribution in [0.1, 0.15) is 44.2 Å². The fraction of sp³-hybridized carbons (Fsp3) is 0.600. The number of amides is 1. The van der Waals surface area contributed by atoms with E-state index in [2.05, 4.69) is 34.3 Å². The molecule has 120 valence electrons. The third-order valence-electron chi connectivity index (χ3n) is 3.58. The summed E-state index contributed by atoms with van der Waals surface area (Å²) >= 11 is 0. The molecule has 1 atom stereocenters. The quantitative estimate of drug-likeness (QED) is 0.843. The summed E-state index contributed by atoms with van der Waals surface area (Å²) in [7, 11) is 1.84. The van der Waals surface area contributed by atoms with Crippen molar-refractivity contribution >= 4 is 5.91 Å². The first-order valence-corrected chi connectivity index (χ1v) is 7.59. The number of carbonyl (C=O) groups excluding carboxylic acids is 1. The van der Waals surface area contributed by atoms with Gasteiger partial charge in [-0.15, -0.1) is 0 Å². The van der Waals surface area contributed by atoms with Crippen LogP contribution in [0.3, 0.4) is 0 Å². The predicted octanol–water partition coefficient (Wildman–Crippen LogP) is 1.61. The molecule has 0 aliphatic heterocycles. The van der Waals surface area contributed by atoms with Crippen molar-refractivity contribution in [3.05, 3.63) is 30.1 Å². The Morgan fingerprint density at radius 2 is 2.14 bits per heavy atom. The maximum absolute atomic E-state index is 12.2. The molecule has 0 unspecified atom stereocenters. The summed E-state index contributed by atoms with van der Waals surface area (Å²) < 4.78 is 3.55. The van der Waals surface area contributed by atoms with E-state index in [-0.39, 0.29) is 11.9 Å². The van der Waals surface area contributed by atoms with Gasteiger partial charge in [-0.05, 0) is 25.3 Å². The average Bonchev–Trinajstić information content (AvgIpc) is 3.04. The smallest absolute Gasteiger partial charge is 0.222 e. The van der Waals surface area contributed by atoms with Gasteiger partial charge in [0.05, 0.1) is 6.04 Å². The zero-order valence-corrected chi connectivity index (χ0v) is 13.7. The number of hydrogen-bond donors (Lipinski definition) is 1. The number of hydrogen-bond acceptors (Lipinski definition) is 4. The molecule has 0 radical (unpaired) electrons. The van der Waals surface area contributed by atoms with Crippen molar-refractivity contribution in [3.63, 3.8) is 0 Å². The van der Waals surface area contributed by atoms with Crippen molar-refractivity contribution in [3.8, 4) is 0 Å². The second-order valence-electron chi connectivity index (χ2n) is 5.94. The maximum Gasteiger partial charge on any atom is 0.222 e. The second-order valence-corrected chi connectivity index (χ2v) is 5.94. The monoisotopic (exact) mass is 304 g/mol. The van der Waals surface area contributed by atoms with E-state index < -0.39 is 0 Å². The van der Waals surface area contributed by atoms with Gasteiger partial charge in [0.1, 0.15) is 12.2 Å². The van der Waals surface area contributed by atoms with Crippen LogP contribution in [-0.2, 0) is 18.4 Å². The van der Waals surface area contributed by atoms with Crippen LogP contribution in [0.5, 0.6) is 0 Å². The summed E-state index contributed by atoms with van der Waals surface area (Å²) in [5.41, 5.74) is 1.06. The molecule has 2 aromatic heterocycles. The summed E-state index contributed by atoms with van der Waals surface area (Å²) in [4.78, 5) is 16.5. The van der Waals surface area contributed by atoms with E-state index in [4.69, 9.17) is 0 Å². The molecule has 2 heterocycles. The Kier molecular flexibility index (Phi) is 5.30. The van der Waals surface area contributed by atoms with Crippen molar-refractivity contribution in [1.29, 1.82) is 0 Å². The summed E-state index contributed by atoms with van der Waals surface area (Å²) in [6, 6.07) is 1.82. The van der Waals surface area contributed by atoms with Crippen LogP contribution in [0.2, 0.25) is 0 Å². The van der Waals surface area contributed by atoms with Crippen LogP contribution in [-0.4, -0.2) is 30.5 Å². The van der Waals surface area contributed by atoms with E-state index in [0.29, 0.717) is 18.9 Å². The largest absolute Gasteiger partial charge is 0.346 e. The molecule has 2 aromatic rings. The van der Waals surface area contributed by atoms with Crippen molar-refractivity contribution < 1.29 is 4.79 Å². The van der Waals surface area contributed by atoms with E-state index in [1.807, 2.05) is 24.7 Å². The lowest BCUT2D eigenvalue weighted by atomic mass is 10.0. The van der Waals surface area contributed by atoms with Crippen LogP contribution in [0.4, 0.5) is 0 Å². The molecule has 0 spiro atoms. The Balaban J connectivity index is 1.96. The molecule has 2 rings (SSSR count). The molecular formula is C15H24N6O. The average molecular weight is 304 g/mol. The normalized spacial score (nSPS) is 12.6. The van der Waals surface area contributed by atoms with E-state index in [9.17, 15) is 4.79 Å². The molecule has 0 saturated carbocycles. The van der Waals surface area contributed by atoms with Crippen LogP contribution >= 0.6 is 0 Å². The van der Waals surface area contributed by atoms with Gasteiger partial charge in [-0.2, -0.15) is 10.2 Å². The molecule has 0 saturated heterocycles. The third kappa shape index (κ3) is 4.16. The molecule has 0 fully saturated rings. The molecule has 0 bridgehead atoms. The molecular weight excluding hydrogens is 280 g/mol. The molecule has 22 heavy (non-hydrogen) atoms. The highest BCUT2D eigenvalue weighted by atomic mass is 16.1. The predicted molar refractivity (Wildman–Crippen MR) is 82.9 cm³/mol. The van der Waals surface area contributed by atoms with Gasteiger partial charge in [0.2, 0.25) is 5.91 Å². The Bertz CT molecular complexity index is 615. The van der Waals surface area contributed by atoms with E-state index >= 15 is 0 Å². The number of nitrogens with zero attached hydrogens (tertiary/aromatic N) is 5. The Morgan fingerprint density at radius 3 is 2.68 bits per heavy atom. The van der Waals surface area contributed by atoms with Gasteiger partial charge >= 0.3 is 0 Å². The zero-order chi connectivity index (χ0) is 16.1. The van der Waals surface area contributed by atoms with Crippen LogP contribution < -0.4 is 5.32 Å². The number of aryl methyl sites for hydroxylation is 3. The standard InChI is InChI=1S/C15H24N6O/c1-11(2)9-13(15-16-10-18-20(15)4)19-14(22)6-8-21-12(3)5-7-17-21/h5,7,10-11,13H,6,8-9H2,1-4H3,(H,19,22)/t13-/m1/s1. The minimum Gasteiger partial charge on any atom is -0.346 e. The summed E-state index contributed by atoms with van der Waals surface area (Å²) in [6.07, 6.45) is 4.49. The molecule has 1 N–H and O–H groups in total. The lowest BCUT2D eigenvalue weighted by molar-refractivity contribution is -0.122. The minimum atomic E-state index is -0.112. The van der Waals surface area contributed by atoms with Crippen LogP contribution in [0.15, 0.2) is 18.6 Å². The summed E-state index contributed by atoms with van der Waals surface area (Å²) in [6.45, 7) is 6.81. The van der Waals surface area contributed by atoms with Gasteiger partial charge in [0.25, 0.3) is 0 Å². The van der Waals surface area contributed by atoms with Crippen LogP contribution in [0.25, 0.3) is 0 Å². The zero-order valence-electron chi connectivity index (χ0n) is 13.7. The van der Waals surface area contributed by atoms with Crippen molar-refractivity contribution in [1.82, 2.24) is 29.9 Å². The van der Waals surface area contributed by atoms with E-state index in [1.54, 1.807) is 10.9 Å². The highest BCUT2D eigenvalue weighted by Crippen LogP contribution is 2.19. The number of rotatable bonds is 7. The van der Waals surface area contributed by atoms with E-state index in [0.717, 1.165) is 17.9 Å². The highest BCUT2D eigenvalue weighted by molar-refractivity contribution is 5.76. The lowest BCUT2D eigenvalue weighted by Gasteiger charge is -2.20.